The van der Waals surface area contributed by atoms with Gasteiger partial charge >= 0.3 is 0 Å². The van der Waals surface area contributed by atoms with Crippen molar-refractivity contribution in [2.24, 2.45) is 0 Å². The van der Waals surface area contributed by atoms with Gasteiger partial charge < -0.3 is 4.90 Å². The minimum absolute atomic E-state index is 0.00531. The molecular formula is C15H16ClN3O3S2. The topological polar surface area (TPSA) is 79.4 Å². The third kappa shape index (κ3) is 3.26. The van der Waals surface area contributed by atoms with Crippen molar-refractivity contribution in [2.45, 2.75) is 31.7 Å². The SMILES string of the molecule is CC(=O)N1CCc2nc(NS(=O)(=O)c3cccc(Cl)c3C)sc2C1. The van der Waals surface area contributed by atoms with Crippen molar-refractivity contribution in [2.75, 3.05) is 11.3 Å². The number of aromatic nitrogens is 1. The maximum absolute atomic E-state index is 12.6. The first kappa shape index (κ1) is 17.2. The van der Waals surface area contributed by atoms with E-state index in [1.807, 2.05) is 0 Å². The van der Waals surface area contributed by atoms with Crippen molar-refractivity contribution >= 4 is 44.0 Å². The number of hydrogen-bond donors (Lipinski definition) is 1. The first-order chi connectivity index (χ1) is 11.3. The fraction of sp³-hybridized carbons (Fsp3) is 0.333. The summed E-state index contributed by atoms with van der Waals surface area (Å²) in [5.41, 5.74) is 1.34. The molecule has 2 aromatic rings. The number of fused-ring (bicyclic) bond motifs is 1. The van der Waals surface area contributed by atoms with Gasteiger partial charge in [0.2, 0.25) is 5.91 Å². The molecule has 0 radical (unpaired) electrons. The van der Waals surface area contributed by atoms with E-state index in [9.17, 15) is 13.2 Å². The van der Waals surface area contributed by atoms with E-state index in [2.05, 4.69) is 9.71 Å². The molecule has 0 fully saturated rings. The van der Waals surface area contributed by atoms with Crippen molar-refractivity contribution in [3.05, 3.63) is 39.4 Å². The highest BCUT2D eigenvalue weighted by Crippen LogP contribution is 2.31. The lowest BCUT2D eigenvalue weighted by Gasteiger charge is -2.24. The summed E-state index contributed by atoms with van der Waals surface area (Å²) in [4.78, 5) is 18.6. The first-order valence-corrected chi connectivity index (χ1v) is 9.97. The van der Waals surface area contributed by atoms with Gasteiger partial charge in [0.1, 0.15) is 0 Å². The van der Waals surface area contributed by atoms with Crippen LogP contribution in [0, 0.1) is 6.92 Å². The number of sulfonamides is 1. The van der Waals surface area contributed by atoms with Gasteiger partial charge in [-0.05, 0) is 24.6 Å². The van der Waals surface area contributed by atoms with Crippen LogP contribution in [0.4, 0.5) is 5.13 Å². The molecule has 1 aromatic heterocycles. The molecule has 1 aromatic carbocycles. The Morgan fingerprint density at radius 2 is 2.17 bits per heavy atom. The van der Waals surface area contributed by atoms with Crippen LogP contribution in [0.25, 0.3) is 0 Å². The summed E-state index contributed by atoms with van der Waals surface area (Å²) in [5, 5.41) is 0.707. The molecule has 24 heavy (non-hydrogen) atoms. The number of amides is 1. The van der Waals surface area contributed by atoms with E-state index in [1.54, 1.807) is 24.0 Å². The van der Waals surface area contributed by atoms with Gasteiger partial charge in [-0.2, -0.15) is 0 Å². The highest BCUT2D eigenvalue weighted by atomic mass is 35.5. The average Bonchev–Trinajstić information content (AvgIpc) is 2.89. The highest BCUT2D eigenvalue weighted by molar-refractivity contribution is 7.93. The quantitative estimate of drug-likeness (QED) is 0.881. The lowest BCUT2D eigenvalue weighted by molar-refractivity contribution is -0.129. The number of carbonyl (C=O) groups excluding carboxylic acids is 1. The summed E-state index contributed by atoms with van der Waals surface area (Å²) in [6.45, 7) is 4.26. The highest BCUT2D eigenvalue weighted by Gasteiger charge is 2.25. The van der Waals surface area contributed by atoms with Crippen LogP contribution in [0.2, 0.25) is 5.02 Å². The van der Waals surface area contributed by atoms with E-state index in [0.717, 1.165) is 10.6 Å². The minimum Gasteiger partial charge on any atom is -0.337 e. The molecule has 0 saturated carbocycles. The molecule has 128 valence electrons. The van der Waals surface area contributed by atoms with Gasteiger partial charge in [-0.25, -0.2) is 13.4 Å². The number of thiazole rings is 1. The van der Waals surface area contributed by atoms with E-state index < -0.39 is 10.0 Å². The molecule has 0 atom stereocenters. The number of nitrogens with one attached hydrogen (secondary N) is 1. The van der Waals surface area contributed by atoms with Gasteiger partial charge in [0.05, 0.1) is 17.1 Å². The van der Waals surface area contributed by atoms with Crippen molar-refractivity contribution < 1.29 is 13.2 Å². The van der Waals surface area contributed by atoms with Gasteiger partial charge in [0.15, 0.2) is 5.13 Å². The number of halogens is 1. The van der Waals surface area contributed by atoms with E-state index in [0.29, 0.717) is 35.2 Å². The Morgan fingerprint density at radius 1 is 1.42 bits per heavy atom. The van der Waals surface area contributed by atoms with Gasteiger partial charge in [-0.1, -0.05) is 29.0 Å². The van der Waals surface area contributed by atoms with Gasteiger partial charge in [0, 0.05) is 29.8 Å². The Kier molecular flexibility index (Phi) is 4.54. The number of hydrogen-bond acceptors (Lipinski definition) is 5. The molecule has 1 aliphatic heterocycles. The summed E-state index contributed by atoms with van der Waals surface area (Å²) in [5.74, 6) is 0.00531. The lowest BCUT2D eigenvalue weighted by atomic mass is 10.2. The van der Waals surface area contributed by atoms with E-state index in [1.165, 1.54) is 24.3 Å². The molecular weight excluding hydrogens is 370 g/mol. The second-order valence-electron chi connectivity index (χ2n) is 5.55. The summed E-state index contributed by atoms with van der Waals surface area (Å²) in [6, 6.07) is 4.75. The fourth-order valence-corrected chi connectivity index (χ4v) is 5.31. The Morgan fingerprint density at radius 3 is 2.88 bits per heavy atom. The molecule has 6 nitrogen and oxygen atoms in total. The summed E-state index contributed by atoms with van der Waals surface area (Å²) in [6.07, 6.45) is 0.628. The Hall–Kier alpha value is -1.64. The van der Waals surface area contributed by atoms with Gasteiger partial charge in [0.25, 0.3) is 10.0 Å². The third-order valence-corrected chi connectivity index (χ3v) is 6.93. The second kappa shape index (κ2) is 6.34. The molecule has 1 amide bonds. The normalized spacial score (nSPS) is 14.4. The Bertz CT molecular complexity index is 909. The molecule has 9 heteroatoms. The van der Waals surface area contributed by atoms with E-state index >= 15 is 0 Å². The molecule has 1 N–H and O–H groups in total. The van der Waals surface area contributed by atoms with Crippen LogP contribution in [0.1, 0.15) is 23.1 Å². The molecule has 0 saturated heterocycles. The zero-order chi connectivity index (χ0) is 17.5. The van der Waals surface area contributed by atoms with Crippen molar-refractivity contribution in [1.29, 1.82) is 0 Å². The zero-order valence-electron chi connectivity index (χ0n) is 13.2. The van der Waals surface area contributed by atoms with Crippen LogP contribution in [0.15, 0.2) is 23.1 Å². The molecule has 0 bridgehead atoms. The standard InChI is InChI=1S/C15H16ClN3O3S2/c1-9-11(16)4-3-5-14(9)24(21,22)18-15-17-12-6-7-19(10(2)20)8-13(12)23-15/h3-5H,6-8H2,1-2H3,(H,17,18). The van der Waals surface area contributed by atoms with E-state index in [4.69, 9.17) is 11.6 Å². The number of rotatable bonds is 3. The van der Waals surface area contributed by atoms with Crippen LogP contribution in [-0.2, 0) is 27.8 Å². The second-order valence-corrected chi connectivity index (χ2v) is 8.69. The monoisotopic (exact) mass is 385 g/mol. The third-order valence-electron chi connectivity index (χ3n) is 3.91. The summed E-state index contributed by atoms with van der Waals surface area (Å²) in [7, 11) is -3.76. The molecule has 3 rings (SSSR count). The van der Waals surface area contributed by atoms with Crippen LogP contribution < -0.4 is 4.72 Å². The van der Waals surface area contributed by atoms with Crippen LogP contribution in [-0.4, -0.2) is 30.8 Å². The van der Waals surface area contributed by atoms with Crippen LogP contribution in [0.5, 0.6) is 0 Å². The maximum atomic E-state index is 12.6. The van der Waals surface area contributed by atoms with Crippen molar-refractivity contribution in [3.63, 3.8) is 0 Å². The summed E-state index contributed by atoms with van der Waals surface area (Å²) >= 11 is 7.27. The molecule has 2 heterocycles. The predicted molar refractivity (Wildman–Crippen MR) is 93.9 cm³/mol. The predicted octanol–water partition coefficient (Wildman–Crippen LogP) is 2.81. The van der Waals surface area contributed by atoms with Crippen molar-refractivity contribution in [1.82, 2.24) is 9.88 Å². The smallest absolute Gasteiger partial charge is 0.263 e. The Balaban J connectivity index is 1.87. The fourth-order valence-electron chi connectivity index (χ4n) is 2.56. The van der Waals surface area contributed by atoms with Gasteiger partial charge in [-0.3, -0.25) is 9.52 Å². The van der Waals surface area contributed by atoms with E-state index in [-0.39, 0.29) is 10.8 Å². The largest absolute Gasteiger partial charge is 0.337 e. The molecule has 0 spiro atoms. The molecule has 0 aliphatic carbocycles. The van der Waals surface area contributed by atoms with Crippen molar-refractivity contribution in [3.8, 4) is 0 Å². The molecule has 0 unspecified atom stereocenters. The Labute approximate surface area is 149 Å². The van der Waals surface area contributed by atoms with Gasteiger partial charge in [-0.15, -0.1) is 0 Å². The van der Waals surface area contributed by atoms with Crippen LogP contribution in [0.3, 0.4) is 0 Å². The number of anilines is 1. The number of benzene rings is 1. The van der Waals surface area contributed by atoms with Crippen LogP contribution >= 0.6 is 22.9 Å². The first-order valence-electron chi connectivity index (χ1n) is 7.30. The zero-order valence-corrected chi connectivity index (χ0v) is 15.6. The minimum atomic E-state index is -3.76. The average molecular weight is 386 g/mol. The molecule has 1 aliphatic rings. The maximum Gasteiger partial charge on any atom is 0.263 e. The number of carbonyl (C=O) groups is 1. The summed E-state index contributed by atoms with van der Waals surface area (Å²) < 4.78 is 27.7. The lowest BCUT2D eigenvalue weighted by Crippen LogP contribution is -2.33. The number of nitrogens with zero attached hydrogens (tertiary/aromatic N) is 2.